The van der Waals surface area contributed by atoms with Crippen LogP contribution in [0, 0.1) is 0 Å². The van der Waals surface area contributed by atoms with Gasteiger partial charge in [-0.25, -0.2) is 4.99 Å². The summed E-state index contributed by atoms with van der Waals surface area (Å²) in [7, 11) is 0. The summed E-state index contributed by atoms with van der Waals surface area (Å²) in [5.74, 6) is 0.425. The molecule has 0 bridgehead atoms. The number of nitrogens with zero attached hydrogens (tertiary/aromatic N) is 1. The Morgan fingerprint density at radius 1 is 1.73 bits per heavy atom. The molecule has 0 radical (unpaired) electrons. The predicted molar refractivity (Wildman–Crippen MR) is 49.8 cm³/mol. The van der Waals surface area contributed by atoms with E-state index in [1.54, 1.807) is 0 Å². The molecule has 0 aliphatic heterocycles. The van der Waals surface area contributed by atoms with Gasteiger partial charge >= 0.3 is 0 Å². The molecule has 0 spiro atoms. The van der Waals surface area contributed by atoms with Crippen molar-refractivity contribution < 1.29 is 0 Å². The van der Waals surface area contributed by atoms with Gasteiger partial charge in [-0.3, -0.25) is 0 Å². The fraction of sp³-hybridized carbons (Fsp3) is 0.571. The summed E-state index contributed by atoms with van der Waals surface area (Å²) in [5, 5.41) is 3.41. The van der Waals surface area contributed by atoms with E-state index in [1.807, 2.05) is 0 Å². The maximum absolute atomic E-state index is 5.47. The van der Waals surface area contributed by atoms with Crippen LogP contribution >= 0.6 is 11.6 Å². The maximum Gasteiger partial charge on any atom is 0.188 e. The second-order valence-electron chi connectivity index (χ2n) is 2.15. The van der Waals surface area contributed by atoms with E-state index >= 15 is 0 Å². The molecule has 64 valence electrons. The Labute approximate surface area is 72.3 Å². The average molecular weight is 176 g/mol. The quantitative estimate of drug-likeness (QED) is 0.496. The van der Waals surface area contributed by atoms with Crippen molar-refractivity contribution in [3.8, 4) is 0 Å². The summed E-state index contributed by atoms with van der Waals surface area (Å²) < 4.78 is 0. The molecule has 0 saturated carbocycles. The molecule has 0 unspecified atom stereocenters. The highest BCUT2D eigenvalue weighted by Gasteiger charge is 1.88. The lowest BCUT2D eigenvalue weighted by Gasteiger charge is -2.01. The molecular formula is C7H14ClN3. The molecule has 3 nitrogen and oxygen atoms in total. The smallest absolute Gasteiger partial charge is 0.188 e. The van der Waals surface area contributed by atoms with Crippen molar-refractivity contribution >= 4 is 17.6 Å². The minimum atomic E-state index is 0.379. The van der Waals surface area contributed by atoms with Crippen molar-refractivity contribution in [2.45, 2.75) is 13.3 Å². The Morgan fingerprint density at radius 3 is 2.82 bits per heavy atom. The van der Waals surface area contributed by atoms with Gasteiger partial charge in [0.05, 0.1) is 6.54 Å². The Balaban J connectivity index is 3.54. The van der Waals surface area contributed by atoms with Crippen molar-refractivity contribution in [1.29, 1.82) is 0 Å². The zero-order chi connectivity index (χ0) is 8.69. The monoisotopic (exact) mass is 175 g/mol. The van der Waals surface area contributed by atoms with E-state index < -0.39 is 0 Å². The number of nitrogens with two attached hydrogens (primary N) is 1. The van der Waals surface area contributed by atoms with Crippen LogP contribution in [-0.4, -0.2) is 19.0 Å². The van der Waals surface area contributed by atoms with Crippen molar-refractivity contribution in [2.24, 2.45) is 10.7 Å². The third kappa shape index (κ3) is 7.19. The van der Waals surface area contributed by atoms with E-state index in [1.165, 1.54) is 0 Å². The SMILES string of the molecule is C=C(Cl)CN=C(N)NCCC. The Kier molecular flexibility index (Phi) is 5.65. The lowest BCUT2D eigenvalue weighted by Crippen LogP contribution is -2.32. The molecule has 0 rings (SSSR count). The Hall–Kier alpha value is -0.700. The molecule has 0 fully saturated rings. The van der Waals surface area contributed by atoms with E-state index in [4.69, 9.17) is 17.3 Å². The number of nitrogens with one attached hydrogen (secondary N) is 1. The Morgan fingerprint density at radius 2 is 2.36 bits per heavy atom. The van der Waals surface area contributed by atoms with Gasteiger partial charge in [0.2, 0.25) is 0 Å². The minimum Gasteiger partial charge on any atom is -0.370 e. The lowest BCUT2D eigenvalue weighted by molar-refractivity contribution is 0.830. The highest BCUT2D eigenvalue weighted by molar-refractivity contribution is 6.29. The summed E-state index contributed by atoms with van der Waals surface area (Å²) in [6.45, 7) is 6.76. The first kappa shape index (κ1) is 10.3. The van der Waals surface area contributed by atoms with Crippen LogP contribution in [0.3, 0.4) is 0 Å². The van der Waals surface area contributed by atoms with E-state index in [9.17, 15) is 0 Å². The number of halogens is 1. The van der Waals surface area contributed by atoms with Crippen LogP contribution in [-0.2, 0) is 0 Å². The molecule has 0 aromatic carbocycles. The molecule has 0 heterocycles. The topological polar surface area (TPSA) is 50.4 Å². The molecule has 0 aliphatic rings. The van der Waals surface area contributed by atoms with E-state index in [0.29, 0.717) is 17.5 Å². The zero-order valence-electron chi connectivity index (χ0n) is 6.73. The van der Waals surface area contributed by atoms with Crippen LogP contribution < -0.4 is 11.1 Å². The fourth-order valence-electron chi connectivity index (χ4n) is 0.480. The van der Waals surface area contributed by atoms with Gasteiger partial charge in [0, 0.05) is 11.6 Å². The largest absolute Gasteiger partial charge is 0.370 e. The number of aliphatic imine (C=N–C) groups is 1. The molecule has 4 heteroatoms. The van der Waals surface area contributed by atoms with Crippen molar-refractivity contribution in [2.75, 3.05) is 13.1 Å². The molecule has 0 saturated heterocycles. The van der Waals surface area contributed by atoms with Gasteiger partial charge in [0.25, 0.3) is 0 Å². The van der Waals surface area contributed by atoms with Crippen LogP contribution in [0.5, 0.6) is 0 Å². The second kappa shape index (κ2) is 6.04. The molecule has 0 aromatic heterocycles. The molecule has 3 N–H and O–H groups in total. The third-order valence-electron chi connectivity index (χ3n) is 0.977. The number of rotatable bonds is 4. The van der Waals surface area contributed by atoms with Crippen LogP contribution in [0.1, 0.15) is 13.3 Å². The zero-order valence-corrected chi connectivity index (χ0v) is 7.49. The predicted octanol–water partition coefficient (Wildman–Crippen LogP) is 1.05. The average Bonchev–Trinajstić information content (AvgIpc) is 1.97. The van der Waals surface area contributed by atoms with Gasteiger partial charge in [0.1, 0.15) is 0 Å². The van der Waals surface area contributed by atoms with Crippen LogP contribution in [0.2, 0.25) is 0 Å². The van der Waals surface area contributed by atoms with Gasteiger partial charge in [0.15, 0.2) is 5.96 Å². The second-order valence-corrected chi connectivity index (χ2v) is 2.68. The van der Waals surface area contributed by atoms with E-state index in [0.717, 1.165) is 13.0 Å². The van der Waals surface area contributed by atoms with Crippen molar-refractivity contribution in [1.82, 2.24) is 5.32 Å². The Bertz CT molecular complexity index is 154. The van der Waals surface area contributed by atoms with Gasteiger partial charge in [-0.1, -0.05) is 25.1 Å². The highest BCUT2D eigenvalue weighted by atomic mass is 35.5. The molecule has 0 atom stereocenters. The first-order valence-corrected chi connectivity index (χ1v) is 3.91. The van der Waals surface area contributed by atoms with Gasteiger partial charge < -0.3 is 11.1 Å². The van der Waals surface area contributed by atoms with E-state index in [2.05, 4.69) is 23.8 Å². The molecule has 11 heavy (non-hydrogen) atoms. The first-order valence-electron chi connectivity index (χ1n) is 3.54. The first-order chi connectivity index (χ1) is 5.16. The highest BCUT2D eigenvalue weighted by Crippen LogP contribution is 1.94. The van der Waals surface area contributed by atoms with Crippen molar-refractivity contribution in [3.63, 3.8) is 0 Å². The normalized spacial score (nSPS) is 11.3. The summed E-state index contributed by atoms with van der Waals surface area (Å²) in [5.41, 5.74) is 5.45. The summed E-state index contributed by atoms with van der Waals surface area (Å²) in [4.78, 5) is 3.91. The maximum atomic E-state index is 5.47. The van der Waals surface area contributed by atoms with Gasteiger partial charge in [-0.15, -0.1) is 0 Å². The number of guanidine groups is 1. The number of hydrogen-bond acceptors (Lipinski definition) is 1. The van der Waals surface area contributed by atoms with Crippen molar-refractivity contribution in [3.05, 3.63) is 11.6 Å². The van der Waals surface area contributed by atoms with Gasteiger partial charge in [-0.05, 0) is 6.42 Å². The lowest BCUT2D eigenvalue weighted by atomic mass is 10.5. The molecular weight excluding hydrogens is 162 g/mol. The standard InChI is InChI=1S/C7H14ClN3/c1-3-4-10-7(9)11-5-6(2)8/h2-5H2,1H3,(H3,9,10,11). The van der Waals surface area contributed by atoms with Crippen LogP contribution in [0.25, 0.3) is 0 Å². The molecule has 0 amide bonds. The van der Waals surface area contributed by atoms with Crippen LogP contribution in [0.4, 0.5) is 0 Å². The minimum absolute atomic E-state index is 0.379. The van der Waals surface area contributed by atoms with E-state index in [-0.39, 0.29) is 0 Å². The summed E-state index contributed by atoms with van der Waals surface area (Å²) >= 11 is 5.47. The van der Waals surface area contributed by atoms with Gasteiger partial charge in [-0.2, -0.15) is 0 Å². The molecule has 0 aromatic rings. The summed E-state index contributed by atoms with van der Waals surface area (Å²) in [6, 6.07) is 0. The molecule has 0 aliphatic carbocycles. The van der Waals surface area contributed by atoms with Crippen LogP contribution in [0.15, 0.2) is 16.6 Å². The summed E-state index contributed by atoms with van der Waals surface area (Å²) in [6.07, 6.45) is 1.03. The fourth-order valence-corrected chi connectivity index (χ4v) is 0.540. The third-order valence-corrected chi connectivity index (χ3v) is 1.10. The number of hydrogen-bond donors (Lipinski definition) is 2.